The Labute approximate surface area is 115 Å². The first-order chi connectivity index (χ1) is 9.99. The molecule has 0 aliphatic heterocycles. The molecule has 8 heteroatoms. The summed E-state index contributed by atoms with van der Waals surface area (Å²) in [6.07, 6.45) is 0. The van der Waals surface area contributed by atoms with Crippen molar-refractivity contribution in [1.82, 2.24) is 15.0 Å². The van der Waals surface area contributed by atoms with Gasteiger partial charge in [0.1, 0.15) is 16.7 Å². The van der Waals surface area contributed by atoms with Gasteiger partial charge in [-0.1, -0.05) is 11.3 Å². The Morgan fingerprint density at radius 2 is 1.81 bits per heavy atom. The van der Waals surface area contributed by atoms with Crippen LogP contribution in [-0.4, -0.2) is 26.1 Å². The average molecular weight is 293 g/mol. The van der Waals surface area contributed by atoms with E-state index in [0.717, 1.165) is 4.68 Å². The fourth-order valence-electron chi connectivity index (χ4n) is 1.99. The number of carboxylic acids is 1. The van der Waals surface area contributed by atoms with Crippen molar-refractivity contribution in [2.24, 2.45) is 0 Å². The van der Waals surface area contributed by atoms with E-state index in [-0.39, 0.29) is 16.6 Å². The van der Waals surface area contributed by atoms with Gasteiger partial charge in [0, 0.05) is 12.1 Å². The summed E-state index contributed by atoms with van der Waals surface area (Å²) in [5.41, 5.74) is -0.416. The molecule has 5 nitrogen and oxygen atoms in total. The van der Waals surface area contributed by atoms with Crippen LogP contribution < -0.4 is 0 Å². The first-order valence-electron chi connectivity index (χ1n) is 5.71. The number of benzene rings is 2. The van der Waals surface area contributed by atoms with E-state index in [1.54, 1.807) is 0 Å². The maximum absolute atomic E-state index is 13.8. The lowest BCUT2D eigenvalue weighted by Crippen LogP contribution is -2.06. The Morgan fingerprint density at radius 3 is 2.52 bits per heavy atom. The molecule has 1 heterocycles. The summed E-state index contributed by atoms with van der Waals surface area (Å²) in [5.74, 6) is -4.98. The molecule has 0 spiro atoms. The lowest BCUT2D eigenvalue weighted by atomic mass is 10.1. The zero-order valence-corrected chi connectivity index (χ0v) is 10.2. The molecule has 0 saturated heterocycles. The van der Waals surface area contributed by atoms with Crippen LogP contribution in [0, 0.1) is 17.5 Å². The van der Waals surface area contributed by atoms with Crippen molar-refractivity contribution in [3.8, 4) is 5.69 Å². The molecule has 106 valence electrons. The second-order valence-corrected chi connectivity index (χ2v) is 4.20. The van der Waals surface area contributed by atoms with Crippen molar-refractivity contribution in [3.05, 3.63) is 53.3 Å². The summed E-state index contributed by atoms with van der Waals surface area (Å²) >= 11 is 0. The van der Waals surface area contributed by atoms with Crippen LogP contribution in [-0.2, 0) is 0 Å². The van der Waals surface area contributed by atoms with Crippen molar-refractivity contribution < 1.29 is 23.1 Å². The SMILES string of the molecule is O=C(O)c1cccc2nnn(-c3cc(F)c(F)cc3F)c12. The monoisotopic (exact) mass is 293 g/mol. The van der Waals surface area contributed by atoms with Gasteiger partial charge in [-0.05, 0) is 12.1 Å². The molecule has 0 atom stereocenters. The van der Waals surface area contributed by atoms with Gasteiger partial charge in [-0.2, -0.15) is 0 Å². The fraction of sp³-hybridized carbons (Fsp3) is 0. The average Bonchev–Trinajstić information content (AvgIpc) is 2.86. The van der Waals surface area contributed by atoms with E-state index >= 15 is 0 Å². The molecule has 0 fully saturated rings. The summed E-state index contributed by atoms with van der Waals surface area (Å²) in [6.45, 7) is 0. The number of hydrogen-bond donors (Lipinski definition) is 1. The van der Waals surface area contributed by atoms with Crippen LogP contribution in [0.4, 0.5) is 13.2 Å². The van der Waals surface area contributed by atoms with Crippen molar-refractivity contribution in [2.45, 2.75) is 0 Å². The van der Waals surface area contributed by atoms with E-state index in [1.807, 2.05) is 0 Å². The molecule has 0 unspecified atom stereocenters. The molecular weight excluding hydrogens is 287 g/mol. The van der Waals surface area contributed by atoms with E-state index in [0.29, 0.717) is 12.1 Å². The molecule has 21 heavy (non-hydrogen) atoms. The smallest absolute Gasteiger partial charge is 0.337 e. The normalized spacial score (nSPS) is 11.0. The summed E-state index contributed by atoms with van der Waals surface area (Å²) in [5, 5.41) is 16.5. The summed E-state index contributed by atoms with van der Waals surface area (Å²) < 4.78 is 40.9. The van der Waals surface area contributed by atoms with Gasteiger partial charge in [0.25, 0.3) is 0 Å². The predicted molar refractivity (Wildman–Crippen MR) is 65.7 cm³/mol. The predicted octanol–water partition coefficient (Wildman–Crippen LogP) is 2.54. The molecule has 0 bridgehead atoms. The minimum absolute atomic E-state index is 0.00471. The van der Waals surface area contributed by atoms with E-state index in [4.69, 9.17) is 5.11 Å². The van der Waals surface area contributed by atoms with Gasteiger partial charge in [-0.3, -0.25) is 0 Å². The zero-order chi connectivity index (χ0) is 15.1. The van der Waals surface area contributed by atoms with Gasteiger partial charge in [0.2, 0.25) is 0 Å². The minimum Gasteiger partial charge on any atom is -0.478 e. The Kier molecular flexibility index (Phi) is 2.86. The van der Waals surface area contributed by atoms with Gasteiger partial charge in [0.15, 0.2) is 17.5 Å². The van der Waals surface area contributed by atoms with Crippen LogP contribution in [0.3, 0.4) is 0 Å². The molecule has 1 aromatic heterocycles. The van der Waals surface area contributed by atoms with Gasteiger partial charge in [-0.15, -0.1) is 5.10 Å². The summed E-state index contributed by atoms with van der Waals surface area (Å²) in [4.78, 5) is 11.2. The van der Waals surface area contributed by atoms with Crippen molar-refractivity contribution >= 4 is 17.0 Å². The Morgan fingerprint density at radius 1 is 1.10 bits per heavy atom. The number of carbonyl (C=O) groups is 1. The lowest BCUT2D eigenvalue weighted by molar-refractivity contribution is 0.0698. The first kappa shape index (κ1) is 13.1. The molecule has 0 aliphatic rings. The number of rotatable bonds is 2. The number of nitrogens with zero attached hydrogens (tertiary/aromatic N) is 3. The maximum atomic E-state index is 13.8. The molecule has 1 N–H and O–H groups in total. The van der Waals surface area contributed by atoms with Crippen molar-refractivity contribution in [3.63, 3.8) is 0 Å². The molecule has 2 aromatic carbocycles. The summed E-state index contributed by atoms with van der Waals surface area (Å²) in [7, 11) is 0. The van der Waals surface area contributed by atoms with E-state index < -0.39 is 29.1 Å². The van der Waals surface area contributed by atoms with E-state index in [9.17, 15) is 18.0 Å². The van der Waals surface area contributed by atoms with Crippen LogP contribution in [0.15, 0.2) is 30.3 Å². The summed E-state index contributed by atoms with van der Waals surface area (Å²) in [6, 6.07) is 5.16. The molecule has 0 aliphatic carbocycles. The highest BCUT2D eigenvalue weighted by molar-refractivity contribution is 6.01. The molecule has 0 amide bonds. The zero-order valence-electron chi connectivity index (χ0n) is 10.2. The van der Waals surface area contributed by atoms with Crippen LogP contribution in [0.2, 0.25) is 0 Å². The van der Waals surface area contributed by atoms with Crippen LogP contribution in [0.25, 0.3) is 16.7 Å². The van der Waals surface area contributed by atoms with Crippen molar-refractivity contribution in [2.75, 3.05) is 0 Å². The number of aromatic nitrogens is 3. The Balaban J connectivity index is 2.36. The van der Waals surface area contributed by atoms with Crippen LogP contribution in [0.1, 0.15) is 10.4 Å². The number of carboxylic acid groups (broad SMARTS) is 1. The molecule has 0 radical (unpaired) electrons. The van der Waals surface area contributed by atoms with Gasteiger partial charge >= 0.3 is 5.97 Å². The first-order valence-corrected chi connectivity index (χ1v) is 5.71. The van der Waals surface area contributed by atoms with Crippen LogP contribution in [0.5, 0.6) is 0 Å². The van der Waals surface area contributed by atoms with Crippen molar-refractivity contribution in [1.29, 1.82) is 0 Å². The van der Waals surface area contributed by atoms with Gasteiger partial charge in [0.05, 0.1) is 5.56 Å². The van der Waals surface area contributed by atoms with E-state index in [1.165, 1.54) is 18.2 Å². The lowest BCUT2D eigenvalue weighted by Gasteiger charge is -2.06. The highest BCUT2D eigenvalue weighted by Crippen LogP contribution is 2.23. The molecule has 3 rings (SSSR count). The van der Waals surface area contributed by atoms with Gasteiger partial charge in [-0.25, -0.2) is 22.6 Å². The second kappa shape index (κ2) is 4.58. The Bertz CT molecular complexity index is 876. The quantitative estimate of drug-likeness (QED) is 0.737. The Hall–Kier alpha value is -2.90. The third-order valence-corrected chi connectivity index (χ3v) is 2.92. The fourth-order valence-corrected chi connectivity index (χ4v) is 1.99. The second-order valence-electron chi connectivity index (χ2n) is 4.20. The number of aromatic carboxylic acids is 1. The third-order valence-electron chi connectivity index (χ3n) is 2.92. The molecule has 3 aromatic rings. The minimum atomic E-state index is -1.35. The maximum Gasteiger partial charge on any atom is 0.337 e. The topological polar surface area (TPSA) is 68.0 Å². The third kappa shape index (κ3) is 2.00. The highest BCUT2D eigenvalue weighted by atomic mass is 19.2. The number of hydrogen-bond acceptors (Lipinski definition) is 3. The number of halogens is 3. The standard InChI is InChI=1S/C13H6F3N3O2/c14-7-4-9(16)11(5-8(7)15)19-12-6(13(20)21)2-1-3-10(12)17-18-19/h1-5H,(H,20,21). The molecule has 0 saturated carbocycles. The number of para-hydroxylation sites is 1. The van der Waals surface area contributed by atoms with Gasteiger partial charge < -0.3 is 5.11 Å². The largest absolute Gasteiger partial charge is 0.478 e. The number of fused-ring (bicyclic) bond motifs is 1. The van der Waals surface area contributed by atoms with Crippen LogP contribution >= 0.6 is 0 Å². The van der Waals surface area contributed by atoms with E-state index in [2.05, 4.69) is 10.3 Å². The highest BCUT2D eigenvalue weighted by Gasteiger charge is 2.19. The molecular formula is C13H6F3N3O2.